The van der Waals surface area contributed by atoms with Crippen molar-refractivity contribution in [3.8, 4) is 5.75 Å². The predicted molar refractivity (Wildman–Crippen MR) is 140 cm³/mol. The molecule has 1 amide bonds. The monoisotopic (exact) mass is 519 g/mol. The Balaban J connectivity index is 1.39. The summed E-state index contributed by atoms with van der Waals surface area (Å²) in [5.74, 6) is 1.59. The zero-order chi connectivity index (χ0) is 24.1. The number of nitrogens with zero attached hydrogens (tertiary/aromatic N) is 2. The first-order valence-electron chi connectivity index (χ1n) is 11.5. The molecule has 4 rings (SSSR count). The van der Waals surface area contributed by atoms with Gasteiger partial charge in [-0.05, 0) is 59.9 Å². The molecule has 176 valence electrons. The molecular formula is C28H30BrN3O2. The van der Waals surface area contributed by atoms with Crippen LogP contribution in [0, 0.1) is 0 Å². The molecule has 0 unspecified atom stereocenters. The Bertz CT molecular complexity index is 1270. The van der Waals surface area contributed by atoms with Gasteiger partial charge in [0, 0.05) is 16.6 Å². The molecule has 3 aromatic carbocycles. The molecule has 0 radical (unpaired) electrons. The van der Waals surface area contributed by atoms with Gasteiger partial charge in [0.15, 0.2) is 0 Å². The van der Waals surface area contributed by atoms with Crippen LogP contribution in [0.4, 0.5) is 0 Å². The molecule has 0 aliphatic carbocycles. The molecule has 0 aliphatic heterocycles. The van der Waals surface area contributed by atoms with Gasteiger partial charge in [0.25, 0.3) is 5.91 Å². The number of aryl methyl sites for hydroxylation is 1. The van der Waals surface area contributed by atoms with Crippen LogP contribution in [0.3, 0.4) is 0 Å². The molecule has 0 saturated heterocycles. The fourth-order valence-corrected chi connectivity index (χ4v) is 4.26. The summed E-state index contributed by atoms with van der Waals surface area (Å²) in [5.41, 5.74) is 4.02. The highest BCUT2D eigenvalue weighted by molar-refractivity contribution is 9.10. The van der Waals surface area contributed by atoms with Gasteiger partial charge < -0.3 is 14.6 Å². The van der Waals surface area contributed by atoms with E-state index in [1.54, 1.807) is 6.07 Å². The van der Waals surface area contributed by atoms with E-state index in [2.05, 4.69) is 64.8 Å². The van der Waals surface area contributed by atoms with Gasteiger partial charge in [-0.1, -0.05) is 67.0 Å². The van der Waals surface area contributed by atoms with Gasteiger partial charge in [-0.15, -0.1) is 0 Å². The van der Waals surface area contributed by atoms with Gasteiger partial charge in [-0.3, -0.25) is 4.79 Å². The van der Waals surface area contributed by atoms with Gasteiger partial charge in [0.2, 0.25) is 0 Å². The van der Waals surface area contributed by atoms with E-state index in [-0.39, 0.29) is 11.3 Å². The maximum atomic E-state index is 12.6. The van der Waals surface area contributed by atoms with E-state index < -0.39 is 0 Å². The second kappa shape index (κ2) is 10.4. The lowest BCUT2D eigenvalue weighted by Gasteiger charge is -2.19. The van der Waals surface area contributed by atoms with E-state index in [4.69, 9.17) is 9.72 Å². The number of carbonyl (C=O) groups is 1. The number of aromatic nitrogens is 2. The van der Waals surface area contributed by atoms with Crippen LogP contribution in [0.15, 0.2) is 77.3 Å². The van der Waals surface area contributed by atoms with Crippen LogP contribution in [-0.2, 0) is 18.5 Å². The Morgan fingerprint density at radius 2 is 1.79 bits per heavy atom. The van der Waals surface area contributed by atoms with E-state index in [9.17, 15) is 4.79 Å². The van der Waals surface area contributed by atoms with Crippen molar-refractivity contribution >= 4 is 32.9 Å². The maximum Gasteiger partial charge on any atom is 0.251 e. The molecule has 1 aromatic heterocycles. The topological polar surface area (TPSA) is 56.1 Å². The molecule has 0 spiro atoms. The number of nitrogens with one attached hydrogen (secondary N) is 1. The maximum absolute atomic E-state index is 12.6. The summed E-state index contributed by atoms with van der Waals surface area (Å²) in [7, 11) is 0. The van der Waals surface area contributed by atoms with Crippen molar-refractivity contribution in [2.75, 3.05) is 6.61 Å². The van der Waals surface area contributed by atoms with E-state index in [1.807, 2.05) is 48.5 Å². The van der Waals surface area contributed by atoms with Crippen molar-refractivity contribution in [2.24, 2.45) is 0 Å². The molecule has 0 bridgehead atoms. The third-order valence-electron chi connectivity index (χ3n) is 5.74. The van der Waals surface area contributed by atoms with Crippen LogP contribution in [-0.4, -0.2) is 22.1 Å². The lowest BCUT2D eigenvalue weighted by atomic mass is 9.87. The van der Waals surface area contributed by atoms with Gasteiger partial charge in [-0.2, -0.15) is 0 Å². The minimum absolute atomic E-state index is 0.123. The van der Waals surface area contributed by atoms with Crippen LogP contribution < -0.4 is 10.1 Å². The Morgan fingerprint density at radius 1 is 1.03 bits per heavy atom. The number of ether oxygens (including phenoxy) is 1. The van der Waals surface area contributed by atoms with Gasteiger partial charge >= 0.3 is 0 Å². The predicted octanol–water partition coefficient (Wildman–Crippen LogP) is 6.50. The third-order valence-corrected chi connectivity index (χ3v) is 6.24. The number of benzene rings is 3. The molecule has 0 fully saturated rings. The van der Waals surface area contributed by atoms with Gasteiger partial charge in [0.1, 0.15) is 11.6 Å². The summed E-state index contributed by atoms with van der Waals surface area (Å²) < 4.78 is 9.03. The van der Waals surface area contributed by atoms with E-state index in [0.29, 0.717) is 18.7 Å². The largest absolute Gasteiger partial charge is 0.494 e. The highest BCUT2D eigenvalue weighted by Crippen LogP contribution is 2.24. The summed E-state index contributed by atoms with van der Waals surface area (Å²) in [6.45, 7) is 8.33. The first kappa shape index (κ1) is 24.0. The van der Waals surface area contributed by atoms with Crippen molar-refractivity contribution in [2.45, 2.75) is 45.7 Å². The molecule has 1 N–H and O–H groups in total. The lowest BCUT2D eigenvalue weighted by molar-refractivity contribution is 0.0949. The van der Waals surface area contributed by atoms with E-state index in [1.165, 1.54) is 5.56 Å². The van der Waals surface area contributed by atoms with Gasteiger partial charge in [-0.25, -0.2) is 4.98 Å². The van der Waals surface area contributed by atoms with Crippen LogP contribution in [0.2, 0.25) is 0 Å². The molecule has 4 aromatic rings. The van der Waals surface area contributed by atoms with Crippen molar-refractivity contribution in [1.29, 1.82) is 0 Å². The summed E-state index contributed by atoms with van der Waals surface area (Å²) in [6.07, 6.45) is 0.827. The Labute approximate surface area is 209 Å². The molecule has 1 heterocycles. The number of imidazole rings is 1. The fraction of sp³-hybridized carbons (Fsp3) is 0.286. The normalized spacial score (nSPS) is 11.5. The molecule has 6 heteroatoms. The molecule has 0 saturated carbocycles. The Morgan fingerprint density at radius 3 is 2.53 bits per heavy atom. The molecule has 5 nitrogen and oxygen atoms in total. The number of amides is 1. The molecule has 0 atom stereocenters. The van der Waals surface area contributed by atoms with E-state index >= 15 is 0 Å². The smallest absolute Gasteiger partial charge is 0.251 e. The highest BCUT2D eigenvalue weighted by atomic mass is 79.9. The third kappa shape index (κ3) is 5.86. The molecule has 34 heavy (non-hydrogen) atoms. The summed E-state index contributed by atoms with van der Waals surface area (Å²) in [5, 5.41) is 3.00. The number of carbonyl (C=O) groups excluding carboxylic acids is 1. The number of halogens is 1. The second-order valence-corrected chi connectivity index (χ2v) is 10.3. The van der Waals surface area contributed by atoms with Crippen molar-refractivity contribution < 1.29 is 9.53 Å². The lowest BCUT2D eigenvalue weighted by Crippen LogP contribution is -2.25. The van der Waals surface area contributed by atoms with Gasteiger partial charge in [0.05, 0.1) is 24.2 Å². The number of hydrogen-bond donors (Lipinski definition) is 1. The van der Waals surface area contributed by atoms with Crippen LogP contribution in [0.1, 0.15) is 48.9 Å². The number of fused-ring (bicyclic) bond motifs is 1. The quantitative estimate of drug-likeness (QED) is 0.270. The van der Waals surface area contributed by atoms with Crippen LogP contribution in [0.25, 0.3) is 11.0 Å². The standard InChI is InChI=1S/C28H30BrN3O2/c1-28(2,3)21-12-14-23(15-13-21)34-17-7-16-32-25-11-5-4-10-24(25)31-26(32)19-30-27(33)20-8-6-9-22(29)18-20/h4-6,8-15,18H,7,16-17,19H2,1-3H3,(H,30,33). The molecular weight excluding hydrogens is 490 g/mol. The zero-order valence-corrected chi connectivity index (χ0v) is 21.4. The van der Waals surface area contributed by atoms with Crippen molar-refractivity contribution in [3.63, 3.8) is 0 Å². The summed E-state index contributed by atoms with van der Waals surface area (Å²) in [4.78, 5) is 17.4. The fourth-order valence-electron chi connectivity index (χ4n) is 3.86. The summed E-state index contributed by atoms with van der Waals surface area (Å²) in [6, 6.07) is 23.8. The average Bonchev–Trinajstić information content (AvgIpc) is 3.17. The van der Waals surface area contributed by atoms with Crippen molar-refractivity contribution in [3.05, 3.63) is 94.2 Å². The minimum Gasteiger partial charge on any atom is -0.494 e. The number of para-hydroxylation sites is 2. The Hall–Kier alpha value is -3.12. The van der Waals surface area contributed by atoms with Crippen LogP contribution >= 0.6 is 15.9 Å². The Kier molecular flexibility index (Phi) is 7.37. The zero-order valence-electron chi connectivity index (χ0n) is 19.8. The summed E-state index contributed by atoms with van der Waals surface area (Å²) >= 11 is 3.42. The van der Waals surface area contributed by atoms with E-state index in [0.717, 1.165) is 40.0 Å². The SMILES string of the molecule is CC(C)(C)c1ccc(OCCCn2c(CNC(=O)c3cccc(Br)c3)nc3ccccc32)cc1. The van der Waals surface area contributed by atoms with Crippen LogP contribution in [0.5, 0.6) is 5.75 Å². The second-order valence-electron chi connectivity index (χ2n) is 9.34. The average molecular weight is 520 g/mol. The molecule has 0 aliphatic rings. The highest BCUT2D eigenvalue weighted by Gasteiger charge is 2.14. The first-order chi connectivity index (χ1) is 16.3. The minimum atomic E-state index is -0.123. The first-order valence-corrected chi connectivity index (χ1v) is 12.3. The number of hydrogen-bond acceptors (Lipinski definition) is 3. The number of rotatable bonds is 8. The van der Waals surface area contributed by atoms with Crippen molar-refractivity contribution in [1.82, 2.24) is 14.9 Å².